The van der Waals surface area contributed by atoms with E-state index in [4.69, 9.17) is 4.74 Å². The molecule has 0 aliphatic rings. The van der Waals surface area contributed by atoms with E-state index in [9.17, 15) is 4.79 Å². The van der Waals surface area contributed by atoms with Crippen molar-refractivity contribution in [1.29, 1.82) is 0 Å². The van der Waals surface area contributed by atoms with Crippen LogP contribution in [-0.4, -0.2) is 33.8 Å². The first-order chi connectivity index (χ1) is 11.1. The van der Waals surface area contributed by atoms with Gasteiger partial charge in [0.05, 0.1) is 24.1 Å². The molecule has 122 valence electrons. The summed E-state index contributed by atoms with van der Waals surface area (Å²) in [5.74, 6) is 0.566. The van der Waals surface area contributed by atoms with Crippen LogP contribution in [0.25, 0.3) is 0 Å². The molecule has 2 N–H and O–H groups in total. The normalized spacial score (nSPS) is 11.6. The van der Waals surface area contributed by atoms with Crippen molar-refractivity contribution < 1.29 is 9.53 Å². The number of carbonyl (C=O) groups is 1. The Morgan fingerprint density at radius 2 is 2.09 bits per heavy atom. The van der Waals surface area contributed by atoms with Crippen LogP contribution in [0, 0.1) is 0 Å². The average molecular weight is 315 g/mol. The fourth-order valence-electron chi connectivity index (χ4n) is 1.86. The quantitative estimate of drug-likeness (QED) is 0.759. The molecule has 2 rings (SSSR count). The number of ether oxygens (including phenoxy) is 1. The minimum atomic E-state index is -0.379. The maximum absolute atomic E-state index is 12.0. The fourth-order valence-corrected chi connectivity index (χ4v) is 1.86. The number of hydrogen-bond donors (Lipinski definition) is 2. The Kier molecular flexibility index (Phi) is 5.85. The summed E-state index contributed by atoms with van der Waals surface area (Å²) in [4.78, 5) is 16.3. The van der Waals surface area contributed by atoms with Gasteiger partial charge in [-0.1, -0.05) is 19.1 Å². The molecule has 0 radical (unpaired) electrons. The molecule has 0 bridgehead atoms. The first-order valence-electron chi connectivity index (χ1n) is 7.63. The Morgan fingerprint density at radius 3 is 2.83 bits per heavy atom. The zero-order valence-corrected chi connectivity index (χ0v) is 13.5. The van der Waals surface area contributed by atoms with Gasteiger partial charge in [0.25, 0.3) is 0 Å². The summed E-state index contributed by atoms with van der Waals surface area (Å²) < 4.78 is 5.06. The molecule has 1 unspecified atom stereocenters. The Bertz CT molecular complexity index is 662. The number of para-hydroxylation sites is 1. The molecule has 0 saturated heterocycles. The summed E-state index contributed by atoms with van der Waals surface area (Å²) in [6, 6.07) is 7.35. The number of nitrogens with zero attached hydrogens (tertiary/aromatic N) is 3. The zero-order valence-electron chi connectivity index (χ0n) is 13.5. The van der Waals surface area contributed by atoms with Crippen molar-refractivity contribution in [3.8, 4) is 0 Å². The molecule has 0 fully saturated rings. The highest BCUT2D eigenvalue weighted by Crippen LogP contribution is 2.20. The second-order valence-electron chi connectivity index (χ2n) is 5.01. The molecule has 0 saturated carbocycles. The number of aromatic nitrogens is 3. The predicted molar refractivity (Wildman–Crippen MR) is 88.9 cm³/mol. The smallest absolute Gasteiger partial charge is 0.340 e. The highest BCUT2D eigenvalue weighted by atomic mass is 16.5. The molecular formula is C16H21N5O2. The number of nitrogens with one attached hydrogen (secondary N) is 2. The standard InChI is InChI=1S/C16H21N5O2/c1-4-11(3)18-16-20-14(10-17-21-16)19-13-9-7-6-8-12(13)15(22)23-5-2/h6-11H,4-5H2,1-3H3,(H2,18,19,20,21). The van der Waals surface area contributed by atoms with Crippen molar-refractivity contribution in [2.24, 2.45) is 0 Å². The van der Waals surface area contributed by atoms with Crippen molar-refractivity contribution in [1.82, 2.24) is 15.2 Å². The van der Waals surface area contributed by atoms with E-state index in [1.54, 1.807) is 25.1 Å². The van der Waals surface area contributed by atoms with Crippen LogP contribution in [0.1, 0.15) is 37.6 Å². The lowest BCUT2D eigenvalue weighted by atomic mass is 10.2. The topological polar surface area (TPSA) is 89.0 Å². The molecule has 0 amide bonds. The van der Waals surface area contributed by atoms with Gasteiger partial charge in [0.15, 0.2) is 5.82 Å². The lowest BCUT2D eigenvalue weighted by Gasteiger charge is -2.13. The molecule has 7 nitrogen and oxygen atoms in total. The van der Waals surface area contributed by atoms with Crippen molar-refractivity contribution >= 4 is 23.4 Å². The Morgan fingerprint density at radius 1 is 1.30 bits per heavy atom. The molecule has 2 aromatic rings. The predicted octanol–water partition coefficient (Wildman–Crippen LogP) is 3.00. The van der Waals surface area contributed by atoms with Gasteiger partial charge in [0.1, 0.15) is 0 Å². The molecule has 23 heavy (non-hydrogen) atoms. The summed E-state index contributed by atoms with van der Waals surface area (Å²) in [5, 5.41) is 14.1. The molecule has 1 heterocycles. The van der Waals surface area contributed by atoms with E-state index in [2.05, 4.69) is 32.7 Å². The lowest BCUT2D eigenvalue weighted by Crippen LogP contribution is -2.16. The Labute approximate surface area is 135 Å². The monoisotopic (exact) mass is 315 g/mol. The fraction of sp³-hybridized carbons (Fsp3) is 0.375. The van der Waals surface area contributed by atoms with Gasteiger partial charge in [0, 0.05) is 6.04 Å². The van der Waals surface area contributed by atoms with Gasteiger partial charge in [-0.15, -0.1) is 5.10 Å². The molecule has 0 aliphatic carbocycles. The van der Waals surface area contributed by atoms with E-state index < -0.39 is 0 Å². The molecular weight excluding hydrogens is 294 g/mol. The maximum Gasteiger partial charge on any atom is 0.340 e. The van der Waals surface area contributed by atoms with Gasteiger partial charge in [-0.25, -0.2) is 4.79 Å². The molecule has 0 aliphatic heterocycles. The van der Waals surface area contributed by atoms with E-state index >= 15 is 0 Å². The van der Waals surface area contributed by atoms with Gasteiger partial charge in [-0.05, 0) is 32.4 Å². The molecule has 1 aromatic heterocycles. The Hall–Kier alpha value is -2.70. The van der Waals surface area contributed by atoms with Gasteiger partial charge in [-0.3, -0.25) is 0 Å². The SMILES string of the molecule is CCOC(=O)c1ccccc1Nc1cnnc(NC(C)CC)n1. The van der Waals surface area contributed by atoms with Crippen LogP contribution in [0.4, 0.5) is 17.5 Å². The third-order valence-corrected chi connectivity index (χ3v) is 3.23. The summed E-state index contributed by atoms with van der Waals surface area (Å²) in [5.41, 5.74) is 1.06. The third-order valence-electron chi connectivity index (χ3n) is 3.23. The minimum Gasteiger partial charge on any atom is -0.462 e. The van der Waals surface area contributed by atoms with E-state index in [1.165, 1.54) is 6.20 Å². The number of anilines is 3. The van der Waals surface area contributed by atoms with Crippen LogP contribution in [-0.2, 0) is 4.74 Å². The molecule has 1 aromatic carbocycles. The number of benzene rings is 1. The van der Waals surface area contributed by atoms with E-state index in [0.29, 0.717) is 29.6 Å². The second kappa shape index (κ2) is 8.07. The van der Waals surface area contributed by atoms with Crippen LogP contribution in [0.3, 0.4) is 0 Å². The van der Waals surface area contributed by atoms with Crippen molar-refractivity contribution in [2.75, 3.05) is 17.2 Å². The van der Waals surface area contributed by atoms with E-state index in [1.807, 2.05) is 13.0 Å². The van der Waals surface area contributed by atoms with Crippen molar-refractivity contribution in [2.45, 2.75) is 33.2 Å². The summed E-state index contributed by atoms with van der Waals surface area (Å²) in [7, 11) is 0. The van der Waals surface area contributed by atoms with Gasteiger partial charge < -0.3 is 15.4 Å². The summed E-state index contributed by atoms with van der Waals surface area (Å²) >= 11 is 0. The van der Waals surface area contributed by atoms with Crippen LogP contribution in [0.5, 0.6) is 0 Å². The molecule has 1 atom stereocenters. The molecule has 7 heteroatoms. The average Bonchev–Trinajstić information content (AvgIpc) is 2.56. The van der Waals surface area contributed by atoms with Gasteiger partial charge in [-0.2, -0.15) is 10.1 Å². The first-order valence-corrected chi connectivity index (χ1v) is 7.63. The van der Waals surface area contributed by atoms with Crippen molar-refractivity contribution in [3.63, 3.8) is 0 Å². The third kappa shape index (κ3) is 4.64. The van der Waals surface area contributed by atoms with Crippen molar-refractivity contribution in [3.05, 3.63) is 36.0 Å². The maximum atomic E-state index is 12.0. The minimum absolute atomic E-state index is 0.249. The Balaban J connectivity index is 2.19. The number of carbonyl (C=O) groups excluding carboxylic acids is 1. The van der Waals surface area contributed by atoms with E-state index in [0.717, 1.165) is 6.42 Å². The number of hydrogen-bond acceptors (Lipinski definition) is 7. The largest absolute Gasteiger partial charge is 0.462 e. The zero-order chi connectivity index (χ0) is 16.7. The van der Waals surface area contributed by atoms with Gasteiger partial charge >= 0.3 is 5.97 Å². The molecule has 0 spiro atoms. The lowest BCUT2D eigenvalue weighted by molar-refractivity contribution is 0.0527. The highest BCUT2D eigenvalue weighted by molar-refractivity contribution is 5.96. The van der Waals surface area contributed by atoms with Gasteiger partial charge in [0.2, 0.25) is 5.95 Å². The summed E-state index contributed by atoms with van der Waals surface area (Å²) in [6.07, 6.45) is 2.45. The van der Waals surface area contributed by atoms with Crippen LogP contribution >= 0.6 is 0 Å². The highest BCUT2D eigenvalue weighted by Gasteiger charge is 2.13. The number of esters is 1. The number of rotatable bonds is 7. The second-order valence-corrected chi connectivity index (χ2v) is 5.01. The van der Waals surface area contributed by atoms with Crippen LogP contribution in [0.15, 0.2) is 30.5 Å². The first kappa shape index (κ1) is 16.7. The van der Waals surface area contributed by atoms with E-state index in [-0.39, 0.29) is 12.0 Å². The van der Waals surface area contributed by atoms with Crippen LogP contribution < -0.4 is 10.6 Å². The van der Waals surface area contributed by atoms with Crippen LogP contribution in [0.2, 0.25) is 0 Å². The summed E-state index contributed by atoms with van der Waals surface area (Å²) in [6.45, 7) is 6.21.